The number of rotatable bonds is 7. The standard InChI is InChI=1S/C14H19N5O2/c1-11(2)7-15-8-13-10-18(17-16-13)9-12-4-3-5-14(6-12)19(20)21/h3-6,10-11,15H,7-9H2,1-2H3. The largest absolute Gasteiger partial charge is 0.311 e. The van der Waals surface area contributed by atoms with Crippen molar-refractivity contribution in [3.63, 3.8) is 0 Å². The summed E-state index contributed by atoms with van der Waals surface area (Å²) in [5.41, 5.74) is 1.78. The van der Waals surface area contributed by atoms with Gasteiger partial charge in [-0.3, -0.25) is 10.1 Å². The molecule has 7 heteroatoms. The average Bonchev–Trinajstić information content (AvgIpc) is 2.86. The van der Waals surface area contributed by atoms with E-state index in [1.807, 2.05) is 12.3 Å². The molecule has 0 aliphatic heterocycles. The number of nitro benzene ring substituents is 1. The van der Waals surface area contributed by atoms with Crippen LogP contribution in [0.2, 0.25) is 0 Å². The molecule has 0 saturated carbocycles. The van der Waals surface area contributed by atoms with Gasteiger partial charge in [-0.05, 0) is 18.0 Å². The second-order valence-electron chi connectivity index (χ2n) is 5.36. The van der Waals surface area contributed by atoms with Crippen molar-refractivity contribution in [2.45, 2.75) is 26.9 Å². The van der Waals surface area contributed by atoms with Crippen LogP contribution in [0.25, 0.3) is 0 Å². The molecule has 0 aliphatic rings. The molecule has 1 heterocycles. The highest BCUT2D eigenvalue weighted by molar-refractivity contribution is 5.34. The maximum atomic E-state index is 10.7. The van der Waals surface area contributed by atoms with Crippen LogP contribution in [-0.2, 0) is 13.1 Å². The van der Waals surface area contributed by atoms with E-state index < -0.39 is 4.92 Å². The predicted molar refractivity (Wildman–Crippen MR) is 78.8 cm³/mol. The topological polar surface area (TPSA) is 85.9 Å². The van der Waals surface area contributed by atoms with Crippen molar-refractivity contribution in [3.05, 3.63) is 51.8 Å². The van der Waals surface area contributed by atoms with E-state index in [1.165, 1.54) is 6.07 Å². The normalized spacial score (nSPS) is 11.0. The fourth-order valence-electron chi connectivity index (χ4n) is 1.94. The lowest BCUT2D eigenvalue weighted by Gasteiger charge is -2.04. The van der Waals surface area contributed by atoms with Gasteiger partial charge in [-0.2, -0.15) is 0 Å². The van der Waals surface area contributed by atoms with Crippen molar-refractivity contribution in [1.29, 1.82) is 0 Å². The molecule has 0 saturated heterocycles. The Hall–Kier alpha value is -2.28. The molecule has 0 unspecified atom stereocenters. The second-order valence-corrected chi connectivity index (χ2v) is 5.36. The Morgan fingerprint density at radius 2 is 2.24 bits per heavy atom. The number of nitrogens with one attached hydrogen (secondary N) is 1. The summed E-state index contributed by atoms with van der Waals surface area (Å²) in [6.45, 7) is 6.36. The lowest BCUT2D eigenvalue weighted by atomic mass is 10.2. The number of benzene rings is 1. The van der Waals surface area contributed by atoms with Gasteiger partial charge < -0.3 is 5.32 Å². The van der Waals surface area contributed by atoms with Crippen molar-refractivity contribution in [2.24, 2.45) is 5.92 Å². The molecule has 1 aromatic carbocycles. The summed E-state index contributed by atoms with van der Waals surface area (Å²) in [6.07, 6.45) is 1.85. The fraction of sp³-hybridized carbons (Fsp3) is 0.429. The van der Waals surface area contributed by atoms with E-state index in [-0.39, 0.29) is 5.69 Å². The van der Waals surface area contributed by atoms with E-state index in [2.05, 4.69) is 29.5 Å². The summed E-state index contributed by atoms with van der Waals surface area (Å²) in [4.78, 5) is 10.3. The molecule has 1 aromatic heterocycles. The van der Waals surface area contributed by atoms with Gasteiger partial charge in [0.15, 0.2) is 0 Å². The van der Waals surface area contributed by atoms with Crippen LogP contribution in [0.4, 0.5) is 5.69 Å². The zero-order valence-electron chi connectivity index (χ0n) is 12.2. The first-order valence-electron chi connectivity index (χ1n) is 6.87. The van der Waals surface area contributed by atoms with E-state index >= 15 is 0 Å². The van der Waals surface area contributed by atoms with Gasteiger partial charge in [0.25, 0.3) is 5.69 Å². The molecule has 112 valence electrons. The summed E-state index contributed by atoms with van der Waals surface area (Å²) in [5.74, 6) is 0.588. The minimum Gasteiger partial charge on any atom is -0.311 e. The van der Waals surface area contributed by atoms with Crippen LogP contribution in [-0.4, -0.2) is 26.5 Å². The quantitative estimate of drug-likeness (QED) is 0.622. The number of nitro groups is 1. The molecule has 0 aliphatic carbocycles. The van der Waals surface area contributed by atoms with Crippen molar-refractivity contribution >= 4 is 5.69 Å². The lowest BCUT2D eigenvalue weighted by Crippen LogP contribution is -2.19. The number of hydrogen-bond donors (Lipinski definition) is 1. The van der Waals surface area contributed by atoms with Crippen LogP contribution < -0.4 is 5.32 Å². The first-order valence-corrected chi connectivity index (χ1v) is 6.87. The Morgan fingerprint density at radius 1 is 1.43 bits per heavy atom. The zero-order chi connectivity index (χ0) is 15.2. The van der Waals surface area contributed by atoms with Crippen molar-refractivity contribution in [3.8, 4) is 0 Å². The Bertz CT molecular complexity index is 609. The molecular weight excluding hydrogens is 270 g/mol. The SMILES string of the molecule is CC(C)CNCc1cn(Cc2cccc([N+](=O)[O-])c2)nn1. The third kappa shape index (κ3) is 4.64. The van der Waals surface area contributed by atoms with Crippen molar-refractivity contribution < 1.29 is 4.92 Å². The molecule has 1 N–H and O–H groups in total. The second kappa shape index (κ2) is 6.94. The van der Waals surface area contributed by atoms with Gasteiger partial charge >= 0.3 is 0 Å². The molecule has 0 fully saturated rings. The van der Waals surface area contributed by atoms with E-state index in [4.69, 9.17) is 0 Å². The summed E-state index contributed by atoms with van der Waals surface area (Å²) >= 11 is 0. The van der Waals surface area contributed by atoms with Gasteiger partial charge in [-0.15, -0.1) is 5.10 Å². The zero-order valence-corrected chi connectivity index (χ0v) is 12.2. The summed E-state index contributed by atoms with van der Waals surface area (Å²) in [7, 11) is 0. The van der Waals surface area contributed by atoms with Crippen LogP contribution >= 0.6 is 0 Å². The maximum Gasteiger partial charge on any atom is 0.269 e. The van der Waals surface area contributed by atoms with Gasteiger partial charge in [0.1, 0.15) is 0 Å². The van der Waals surface area contributed by atoms with Crippen LogP contribution in [0.3, 0.4) is 0 Å². The fourth-order valence-corrected chi connectivity index (χ4v) is 1.94. The van der Waals surface area contributed by atoms with Gasteiger partial charge in [0.05, 0.1) is 23.4 Å². The molecule has 2 aromatic rings. The summed E-state index contributed by atoms with van der Waals surface area (Å²) in [6, 6.07) is 6.55. The Morgan fingerprint density at radius 3 is 2.95 bits per heavy atom. The van der Waals surface area contributed by atoms with E-state index in [0.717, 1.165) is 17.8 Å². The van der Waals surface area contributed by atoms with E-state index in [9.17, 15) is 10.1 Å². The van der Waals surface area contributed by atoms with Gasteiger partial charge in [0.2, 0.25) is 0 Å². The molecule has 0 amide bonds. The number of non-ortho nitro benzene ring substituents is 1. The van der Waals surface area contributed by atoms with Gasteiger partial charge in [-0.1, -0.05) is 31.2 Å². The van der Waals surface area contributed by atoms with Gasteiger partial charge in [0, 0.05) is 18.7 Å². The number of aromatic nitrogens is 3. The van der Waals surface area contributed by atoms with E-state index in [0.29, 0.717) is 19.0 Å². The Kier molecular flexibility index (Phi) is 4.99. The van der Waals surface area contributed by atoms with Gasteiger partial charge in [-0.25, -0.2) is 4.68 Å². The van der Waals surface area contributed by atoms with Crippen molar-refractivity contribution in [2.75, 3.05) is 6.54 Å². The smallest absolute Gasteiger partial charge is 0.269 e. The Labute approximate surface area is 123 Å². The monoisotopic (exact) mass is 289 g/mol. The number of hydrogen-bond acceptors (Lipinski definition) is 5. The molecule has 0 spiro atoms. The van der Waals surface area contributed by atoms with Crippen LogP contribution in [0, 0.1) is 16.0 Å². The minimum absolute atomic E-state index is 0.0893. The number of nitrogens with zero attached hydrogens (tertiary/aromatic N) is 4. The third-order valence-corrected chi connectivity index (χ3v) is 2.91. The first-order chi connectivity index (χ1) is 10.0. The van der Waals surface area contributed by atoms with Crippen LogP contribution in [0.1, 0.15) is 25.1 Å². The van der Waals surface area contributed by atoms with Crippen LogP contribution in [0.15, 0.2) is 30.5 Å². The molecule has 21 heavy (non-hydrogen) atoms. The highest BCUT2D eigenvalue weighted by Gasteiger charge is 2.07. The van der Waals surface area contributed by atoms with E-state index in [1.54, 1.807) is 16.8 Å². The average molecular weight is 289 g/mol. The van der Waals surface area contributed by atoms with Crippen LogP contribution in [0.5, 0.6) is 0 Å². The minimum atomic E-state index is -0.397. The Balaban J connectivity index is 1.96. The lowest BCUT2D eigenvalue weighted by molar-refractivity contribution is -0.384. The molecule has 0 bridgehead atoms. The van der Waals surface area contributed by atoms with Crippen molar-refractivity contribution in [1.82, 2.24) is 20.3 Å². The molecular formula is C14H19N5O2. The predicted octanol–water partition coefficient (Wildman–Crippen LogP) is 1.98. The summed E-state index contributed by atoms with van der Waals surface area (Å²) < 4.78 is 1.69. The molecule has 0 radical (unpaired) electrons. The maximum absolute atomic E-state index is 10.7. The first kappa shape index (κ1) is 15.1. The summed E-state index contributed by atoms with van der Waals surface area (Å²) in [5, 5.41) is 22.2. The highest BCUT2D eigenvalue weighted by Crippen LogP contribution is 2.13. The molecule has 2 rings (SSSR count). The molecule has 0 atom stereocenters. The molecule has 7 nitrogen and oxygen atoms in total. The highest BCUT2D eigenvalue weighted by atomic mass is 16.6. The third-order valence-electron chi connectivity index (χ3n) is 2.91.